The van der Waals surface area contributed by atoms with Crippen LogP contribution in [0, 0.1) is 0 Å². The minimum Gasteiger partial charge on any atom is -0.462 e. The van der Waals surface area contributed by atoms with E-state index in [1.165, 1.54) is 0 Å². The van der Waals surface area contributed by atoms with Crippen molar-refractivity contribution in [3.63, 3.8) is 0 Å². The van der Waals surface area contributed by atoms with E-state index in [9.17, 15) is 4.79 Å². The zero-order valence-corrected chi connectivity index (χ0v) is 10.4. The first-order valence-corrected chi connectivity index (χ1v) is 5.91. The summed E-state index contributed by atoms with van der Waals surface area (Å²) in [5.41, 5.74) is 2.76. The first-order chi connectivity index (χ1) is 8.13. The Kier molecular flexibility index (Phi) is 3.18. The van der Waals surface area contributed by atoms with E-state index in [4.69, 9.17) is 4.74 Å². The van der Waals surface area contributed by atoms with Gasteiger partial charge in [-0.1, -0.05) is 13.8 Å². The molecule has 0 unspecified atom stereocenters. The number of aromatic amines is 1. The van der Waals surface area contributed by atoms with Gasteiger partial charge in [0, 0.05) is 17.1 Å². The molecule has 2 aromatic rings. The van der Waals surface area contributed by atoms with Gasteiger partial charge in [-0.2, -0.15) is 0 Å². The molecule has 0 atom stereocenters. The highest BCUT2D eigenvalue weighted by atomic mass is 16.5. The SMILES string of the molecule is CCOC(=O)c1cc2cc[nH]c2cc1C(C)C. The fourth-order valence-corrected chi connectivity index (χ4v) is 1.98. The van der Waals surface area contributed by atoms with Crippen molar-refractivity contribution in [2.45, 2.75) is 26.7 Å². The van der Waals surface area contributed by atoms with Gasteiger partial charge in [-0.05, 0) is 36.6 Å². The summed E-state index contributed by atoms with van der Waals surface area (Å²) in [7, 11) is 0. The molecule has 90 valence electrons. The number of esters is 1. The second kappa shape index (κ2) is 4.62. The minimum absolute atomic E-state index is 0.237. The van der Waals surface area contributed by atoms with Crippen LogP contribution < -0.4 is 0 Å². The Labute approximate surface area is 101 Å². The van der Waals surface area contributed by atoms with Crippen molar-refractivity contribution in [2.75, 3.05) is 6.61 Å². The number of carbonyl (C=O) groups excluding carboxylic acids is 1. The van der Waals surface area contributed by atoms with E-state index in [1.807, 2.05) is 31.3 Å². The molecule has 0 fully saturated rings. The Hall–Kier alpha value is -1.77. The Bertz CT molecular complexity index is 540. The molecule has 0 radical (unpaired) electrons. The summed E-state index contributed by atoms with van der Waals surface area (Å²) in [6, 6.07) is 5.90. The summed E-state index contributed by atoms with van der Waals surface area (Å²) in [5, 5.41) is 1.04. The standard InChI is InChI=1S/C14H17NO2/c1-4-17-14(16)12-7-10-5-6-15-13(10)8-11(12)9(2)3/h5-9,15H,4H2,1-3H3. The number of aromatic nitrogens is 1. The molecular weight excluding hydrogens is 214 g/mol. The predicted molar refractivity (Wildman–Crippen MR) is 68.3 cm³/mol. The van der Waals surface area contributed by atoms with Crippen LogP contribution in [0.1, 0.15) is 42.6 Å². The van der Waals surface area contributed by atoms with Crippen LogP contribution in [-0.2, 0) is 4.74 Å². The first-order valence-electron chi connectivity index (χ1n) is 5.91. The van der Waals surface area contributed by atoms with E-state index >= 15 is 0 Å². The van der Waals surface area contributed by atoms with Crippen LogP contribution in [0.25, 0.3) is 10.9 Å². The lowest BCUT2D eigenvalue weighted by molar-refractivity contribution is 0.0525. The van der Waals surface area contributed by atoms with Crippen molar-refractivity contribution >= 4 is 16.9 Å². The number of fused-ring (bicyclic) bond motifs is 1. The normalized spacial score (nSPS) is 11.1. The average molecular weight is 231 g/mol. The number of hydrogen-bond acceptors (Lipinski definition) is 2. The van der Waals surface area contributed by atoms with Gasteiger partial charge in [0.2, 0.25) is 0 Å². The summed E-state index contributed by atoms with van der Waals surface area (Å²) >= 11 is 0. The summed E-state index contributed by atoms with van der Waals surface area (Å²) in [6.45, 7) is 6.38. The van der Waals surface area contributed by atoms with E-state index in [2.05, 4.69) is 18.8 Å². The molecule has 0 saturated carbocycles. The summed E-state index contributed by atoms with van der Waals surface area (Å²) < 4.78 is 5.10. The molecule has 1 aromatic carbocycles. The van der Waals surface area contributed by atoms with Crippen LogP contribution in [0.15, 0.2) is 24.4 Å². The Morgan fingerprint density at radius 3 is 2.82 bits per heavy atom. The summed E-state index contributed by atoms with van der Waals surface area (Å²) in [4.78, 5) is 15.1. The quantitative estimate of drug-likeness (QED) is 0.822. The van der Waals surface area contributed by atoms with Crippen LogP contribution in [-0.4, -0.2) is 17.6 Å². The van der Waals surface area contributed by atoms with Gasteiger partial charge < -0.3 is 9.72 Å². The maximum Gasteiger partial charge on any atom is 0.338 e. The molecule has 0 bridgehead atoms. The maximum absolute atomic E-state index is 11.9. The van der Waals surface area contributed by atoms with Gasteiger partial charge in [0.15, 0.2) is 0 Å². The summed E-state index contributed by atoms with van der Waals surface area (Å²) in [6.07, 6.45) is 1.88. The molecule has 1 heterocycles. The number of carbonyl (C=O) groups is 1. The number of nitrogens with one attached hydrogen (secondary N) is 1. The van der Waals surface area contributed by atoms with Crippen molar-refractivity contribution < 1.29 is 9.53 Å². The fourth-order valence-electron chi connectivity index (χ4n) is 1.98. The molecule has 0 amide bonds. The average Bonchev–Trinajstić information content (AvgIpc) is 2.74. The van der Waals surface area contributed by atoms with Crippen LogP contribution in [0.2, 0.25) is 0 Å². The van der Waals surface area contributed by atoms with Gasteiger partial charge >= 0.3 is 5.97 Å². The molecule has 1 aromatic heterocycles. The summed E-state index contributed by atoms with van der Waals surface area (Å²) in [5.74, 6) is 0.0569. The maximum atomic E-state index is 11.9. The highest BCUT2D eigenvalue weighted by Gasteiger charge is 2.16. The fraction of sp³-hybridized carbons (Fsp3) is 0.357. The molecule has 3 nitrogen and oxygen atoms in total. The lowest BCUT2D eigenvalue weighted by Gasteiger charge is -2.12. The van der Waals surface area contributed by atoms with Crippen molar-refractivity contribution in [3.05, 3.63) is 35.5 Å². The third kappa shape index (κ3) is 2.18. The highest BCUT2D eigenvalue weighted by Crippen LogP contribution is 2.25. The molecule has 17 heavy (non-hydrogen) atoms. The lowest BCUT2D eigenvalue weighted by atomic mass is 9.96. The van der Waals surface area contributed by atoms with Crippen LogP contribution >= 0.6 is 0 Å². The molecule has 1 N–H and O–H groups in total. The molecule has 3 heteroatoms. The van der Waals surface area contributed by atoms with E-state index in [-0.39, 0.29) is 5.97 Å². The van der Waals surface area contributed by atoms with Crippen molar-refractivity contribution in [2.24, 2.45) is 0 Å². The number of ether oxygens (including phenoxy) is 1. The van der Waals surface area contributed by atoms with Crippen LogP contribution in [0.5, 0.6) is 0 Å². The molecule has 0 spiro atoms. The number of benzene rings is 1. The van der Waals surface area contributed by atoms with Crippen LogP contribution in [0.4, 0.5) is 0 Å². The second-order valence-electron chi connectivity index (χ2n) is 4.38. The predicted octanol–water partition coefficient (Wildman–Crippen LogP) is 3.47. The Morgan fingerprint density at radius 2 is 2.18 bits per heavy atom. The van der Waals surface area contributed by atoms with Crippen molar-refractivity contribution in [1.29, 1.82) is 0 Å². The minimum atomic E-state index is -0.237. The third-order valence-corrected chi connectivity index (χ3v) is 2.84. The molecular formula is C14H17NO2. The Morgan fingerprint density at radius 1 is 1.41 bits per heavy atom. The van der Waals surface area contributed by atoms with E-state index in [1.54, 1.807) is 0 Å². The molecule has 0 aliphatic carbocycles. The Balaban J connectivity index is 2.57. The van der Waals surface area contributed by atoms with Crippen molar-refractivity contribution in [1.82, 2.24) is 4.98 Å². The highest BCUT2D eigenvalue weighted by molar-refractivity contribution is 5.96. The molecule has 0 aliphatic heterocycles. The second-order valence-corrected chi connectivity index (χ2v) is 4.38. The lowest BCUT2D eigenvalue weighted by Crippen LogP contribution is -2.09. The topological polar surface area (TPSA) is 42.1 Å². The first kappa shape index (κ1) is 11.7. The van der Waals surface area contributed by atoms with Crippen molar-refractivity contribution in [3.8, 4) is 0 Å². The van der Waals surface area contributed by atoms with Gasteiger partial charge in [-0.3, -0.25) is 0 Å². The zero-order valence-electron chi connectivity index (χ0n) is 10.4. The van der Waals surface area contributed by atoms with E-state index in [0.29, 0.717) is 18.1 Å². The number of rotatable bonds is 3. The zero-order chi connectivity index (χ0) is 12.4. The number of hydrogen-bond donors (Lipinski definition) is 1. The number of H-pyrrole nitrogens is 1. The van der Waals surface area contributed by atoms with Gasteiger partial charge in [-0.15, -0.1) is 0 Å². The molecule has 2 rings (SSSR count). The van der Waals surface area contributed by atoms with Crippen LogP contribution in [0.3, 0.4) is 0 Å². The van der Waals surface area contributed by atoms with E-state index < -0.39 is 0 Å². The molecule has 0 aliphatic rings. The van der Waals surface area contributed by atoms with Gasteiger partial charge in [0.1, 0.15) is 0 Å². The van der Waals surface area contributed by atoms with Gasteiger partial charge in [-0.25, -0.2) is 4.79 Å². The molecule has 0 saturated heterocycles. The smallest absolute Gasteiger partial charge is 0.338 e. The van der Waals surface area contributed by atoms with E-state index in [0.717, 1.165) is 16.5 Å². The van der Waals surface area contributed by atoms with Gasteiger partial charge in [0.05, 0.1) is 12.2 Å². The third-order valence-electron chi connectivity index (χ3n) is 2.84. The monoisotopic (exact) mass is 231 g/mol. The van der Waals surface area contributed by atoms with Gasteiger partial charge in [0.25, 0.3) is 0 Å². The largest absolute Gasteiger partial charge is 0.462 e.